The average molecular weight is 229 g/mol. The molecule has 0 saturated carbocycles. The first kappa shape index (κ1) is 9.90. The largest absolute Gasteiger partial charge is 0.233 e. The predicted octanol–water partition coefficient (Wildman–Crippen LogP) is 3.29. The summed E-state index contributed by atoms with van der Waals surface area (Å²) in [6, 6.07) is 16.8. The maximum atomic E-state index is 5.19. The van der Waals surface area contributed by atoms with Gasteiger partial charge in [-0.15, -0.1) is 0 Å². The molecule has 0 fully saturated rings. The van der Waals surface area contributed by atoms with Gasteiger partial charge in [0.1, 0.15) is 0 Å². The van der Waals surface area contributed by atoms with Gasteiger partial charge in [-0.2, -0.15) is 0 Å². The van der Waals surface area contributed by atoms with E-state index in [9.17, 15) is 0 Å². The molecular formula is C13H11NOS. The summed E-state index contributed by atoms with van der Waals surface area (Å²) in [7, 11) is 0. The molecule has 0 spiro atoms. The van der Waals surface area contributed by atoms with Crippen LogP contribution in [0.1, 0.15) is 16.4 Å². The van der Waals surface area contributed by atoms with Crippen LogP contribution in [0.15, 0.2) is 48.5 Å². The molecule has 2 aromatic carbocycles. The SMILES string of the molecule is NOSC1c2ccccc2-c2ccccc21. The molecule has 0 amide bonds. The van der Waals surface area contributed by atoms with Crippen molar-refractivity contribution in [1.82, 2.24) is 0 Å². The monoisotopic (exact) mass is 229 g/mol. The van der Waals surface area contributed by atoms with Crippen molar-refractivity contribution in [2.24, 2.45) is 5.90 Å². The molecule has 16 heavy (non-hydrogen) atoms. The minimum atomic E-state index is 0.192. The summed E-state index contributed by atoms with van der Waals surface area (Å²) in [5, 5.41) is 0.192. The van der Waals surface area contributed by atoms with Gasteiger partial charge in [0.2, 0.25) is 0 Å². The van der Waals surface area contributed by atoms with E-state index in [0.717, 1.165) is 0 Å². The van der Waals surface area contributed by atoms with E-state index >= 15 is 0 Å². The summed E-state index contributed by atoms with van der Waals surface area (Å²) in [6.45, 7) is 0. The van der Waals surface area contributed by atoms with Gasteiger partial charge in [0.15, 0.2) is 0 Å². The van der Waals surface area contributed by atoms with Crippen LogP contribution in [0.25, 0.3) is 11.1 Å². The quantitative estimate of drug-likeness (QED) is 0.634. The topological polar surface area (TPSA) is 35.2 Å². The van der Waals surface area contributed by atoms with E-state index in [1.807, 2.05) is 0 Å². The standard InChI is InChI=1S/C13H11NOS/c14-15-16-13-11-7-3-1-5-9(11)10-6-2-4-8-12(10)13/h1-8,13H,14H2. The lowest BCUT2D eigenvalue weighted by atomic mass is 10.1. The summed E-state index contributed by atoms with van der Waals surface area (Å²) in [5.74, 6) is 5.19. The molecule has 0 atom stereocenters. The van der Waals surface area contributed by atoms with Crippen molar-refractivity contribution in [2.45, 2.75) is 5.25 Å². The third-order valence-electron chi connectivity index (χ3n) is 2.93. The minimum Gasteiger partial charge on any atom is -0.233 e. The normalized spacial score (nSPS) is 13.6. The fourth-order valence-electron chi connectivity index (χ4n) is 2.27. The van der Waals surface area contributed by atoms with E-state index in [1.54, 1.807) is 0 Å². The molecule has 0 unspecified atom stereocenters. The predicted molar refractivity (Wildman–Crippen MR) is 66.6 cm³/mol. The molecule has 2 N–H and O–H groups in total. The number of nitrogens with two attached hydrogens (primary N) is 1. The zero-order chi connectivity index (χ0) is 11.0. The molecule has 3 heteroatoms. The Bertz CT molecular complexity index is 481. The Kier molecular flexibility index (Phi) is 2.44. The lowest BCUT2D eigenvalue weighted by molar-refractivity contribution is 0.396. The first-order valence-electron chi connectivity index (χ1n) is 5.12. The second-order valence-corrected chi connectivity index (χ2v) is 4.60. The van der Waals surface area contributed by atoms with Crippen LogP contribution in [0.5, 0.6) is 0 Å². The summed E-state index contributed by atoms with van der Waals surface area (Å²) < 4.78 is 4.76. The molecule has 2 aromatic rings. The Morgan fingerprint density at radius 3 is 1.88 bits per heavy atom. The molecule has 1 aliphatic rings. The second kappa shape index (κ2) is 3.94. The molecule has 0 saturated heterocycles. The van der Waals surface area contributed by atoms with Crippen LogP contribution in [0, 0.1) is 0 Å². The smallest absolute Gasteiger partial charge is 0.0842 e. The van der Waals surface area contributed by atoms with Gasteiger partial charge in [0, 0.05) is 12.0 Å². The van der Waals surface area contributed by atoms with Crippen LogP contribution in [0.4, 0.5) is 0 Å². The summed E-state index contributed by atoms with van der Waals surface area (Å²) in [6.07, 6.45) is 0. The highest BCUT2D eigenvalue weighted by Crippen LogP contribution is 2.49. The van der Waals surface area contributed by atoms with Gasteiger partial charge in [0.25, 0.3) is 0 Å². The molecule has 1 aliphatic carbocycles. The fraction of sp³-hybridized carbons (Fsp3) is 0.0769. The zero-order valence-corrected chi connectivity index (χ0v) is 9.41. The Morgan fingerprint density at radius 1 is 0.875 bits per heavy atom. The molecule has 0 radical (unpaired) electrons. The van der Waals surface area contributed by atoms with Crippen molar-refractivity contribution in [3.63, 3.8) is 0 Å². The Hall–Kier alpha value is -1.29. The van der Waals surface area contributed by atoms with Gasteiger partial charge >= 0.3 is 0 Å². The molecule has 0 aromatic heterocycles. The number of benzene rings is 2. The first-order valence-corrected chi connectivity index (χ1v) is 5.92. The van der Waals surface area contributed by atoms with Crippen LogP contribution < -0.4 is 5.90 Å². The van der Waals surface area contributed by atoms with E-state index in [2.05, 4.69) is 48.5 Å². The minimum absolute atomic E-state index is 0.192. The highest BCUT2D eigenvalue weighted by molar-refractivity contribution is 7.95. The maximum absolute atomic E-state index is 5.19. The van der Waals surface area contributed by atoms with Crippen LogP contribution in [0.2, 0.25) is 0 Å². The van der Waals surface area contributed by atoms with E-state index in [-0.39, 0.29) is 5.25 Å². The first-order chi connectivity index (χ1) is 7.92. The molecule has 2 nitrogen and oxygen atoms in total. The van der Waals surface area contributed by atoms with Crippen LogP contribution in [0.3, 0.4) is 0 Å². The van der Waals surface area contributed by atoms with Crippen molar-refractivity contribution in [1.29, 1.82) is 0 Å². The summed E-state index contributed by atoms with van der Waals surface area (Å²) >= 11 is 1.30. The van der Waals surface area contributed by atoms with E-state index in [1.165, 1.54) is 34.3 Å². The summed E-state index contributed by atoms with van der Waals surface area (Å²) in [5.41, 5.74) is 5.12. The Balaban J connectivity index is 2.21. The Labute approximate surface area is 98.6 Å². The summed E-state index contributed by atoms with van der Waals surface area (Å²) in [4.78, 5) is 0. The molecular weight excluding hydrogens is 218 g/mol. The lowest BCUT2D eigenvalue weighted by Crippen LogP contribution is -1.96. The average Bonchev–Trinajstić information content (AvgIpc) is 2.66. The lowest BCUT2D eigenvalue weighted by Gasteiger charge is -2.09. The number of fused-ring (bicyclic) bond motifs is 3. The fourth-order valence-corrected chi connectivity index (χ4v) is 3.00. The van der Waals surface area contributed by atoms with Gasteiger partial charge in [-0.1, -0.05) is 48.5 Å². The van der Waals surface area contributed by atoms with Crippen molar-refractivity contribution in [3.05, 3.63) is 59.7 Å². The van der Waals surface area contributed by atoms with Crippen LogP contribution in [-0.4, -0.2) is 0 Å². The highest BCUT2D eigenvalue weighted by atomic mass is 32.2. The number of hydrogen-bond acceptors (Lipinski definition) is 3. The van der Waals surface area contributed by atoms with Crippen LogP contribution in [-0.2, 0) is 4.28 Å². The number of rotatable bonds is 2. The van der Waals surface area contributed by atoms with Gasteiger partial charge < -0.3 is 0 Å². The third-order valence-corrected chi connectivity index (χ3v) is 3.74. The van der Waals surface area contributed by atoms with Crippen molar-refractivity contribution < 1.29 is 4.28 Å². The van der Waals surface area contributed by atoms with E-state index < -0.39 is 0 Å². The van der Waals surface area contributed by atoms with Crippen molar-refractivity contribution in [3.8, 4) is 11.1 Å². The third kappa shape index (κ3) is 1.37. The Morgan fingerprint density at radius 2 is 1.38 bits per heavy atom. The molecule has 0 heterocycles. The van der Waals surface area contributed by atoms with Crippen LogP contribution >= 0.6 is 12.0 Å². The van der Waals surface area contributed by atoms with Crippen molar-refractivity contribution >= 4 is 12.0 Å². The number of hydrogen-bond donors (Lipinski definition) is 1. The maximum Gasteiger partial charge on any atom is 0.0842 e. The van der Waals surface area contributed by atoms with Crippen molar-refractivity contribution in [2.75, 3.05) is 0 Å². The second-order valence-electron chi connectivity index (χ2n) is 3.75. The van der Waals surface area contributed by atoms with E-state index in [0.29, 0.717) is 0 Å². The van der Waals surface area contributed by atoms with Gasteiger partial charge in [-0.25, -0.2) is 10.2 Å². The zero-order valence-electron chi connectivity index (χ0n) is 8.59. The van der Waals surface area contributed by atoms with E-state index in [4.69, 9.17) is 10.2 Å². The molecule has 80 valence electrons. The molecule has 0 aliphatic heterocycles. The van der Waals surface area contributed by atoms with Gasteiger partial charge in [0.05, 0.1) is 5.25 Å². The van der Waals surface area contributed by atoms with Gasteiger partial charge in [-0.05, 0) is 22.3 Å². The molecule has 3 rings (SSSR count). The molecule has 0 bridgehead atoms. The van der Waals surface area contributed by atoms with Gasteiger partial charge in [-0.3, -0.25) is 0 Å². The highest BCUT2D eigenvalue weighted by Gasteiger charge is 2.28.